The first kappa shape index (κ1) is 27.0. The van der Waals surface area contributed by atoms with Gasteiger partial charge in [0.15, 0.2) is 0 Å². The lowest BCUT2D eigenvalue weighted by atomic mass is 10.1. The minimum absolute atomic E-state index is 0.125. The summed E-state index contributed by atoms with van der Waals surface area (Å²) in [5.74, 6) is -0.651. The molecule has 1 atom stereocenters. The van der Waals surface area contributed by atoms with Gasteiger partial charge in [0, 0.05) is 17.6 Å². The van der Waals surface area contributed by atoms with E-state index in [2.05, 4.69) is 5.32 Å². The normalized spacial score (nSPS) is 15.0. The molecule has 1 fully saturated rings. The van der Waals surface area contributed by atoms with E-state index in [9.17, 15) is 18.0 Å². The highest BCUT2D eigenvalue weighted by molar-refractivity contribution is 7.92. The molecular weight excluding hydrogens is 486 g/mol. The van der Waals surface area contributed by atoms with Crippen molar-refractivity contribution in [2.75, 3.05) is 23.7 Å². The molecule has 7 nitrogen and oxygen atoms in total. The van der Waals surface area contributed by atoms with E-state index in [1.54, 1.807) is 32.0 Å². The second-order valence-electron chi connectivity index (χ2n) is 9.19. The Bertz CT molecular complexity index is 1130. The van der Waals surface area contributed by atoms with Crippen LogP contribution in [0.25, 0.3) is 0 Å². The number of hydrogen-bond donors (Lipinski definition) is 1. The molecule has 0 heterocycles. The second kappa shape index (κ2) is 11.9. The molecule has 9 heteroatoms. The number of anilines is 1. The van der Waals surface area contributed by atoms with Gasteiger partial charge in [-0.2, -0.15) is 0 Å². The fraction of sp³-hybridized carbons (Fsp3) is 0.462. The second-order valence-corrected chi connectivity index (χ2v) is 11.5. The van der Waals surface area contributed by atoms with Crippen LogP contribution in [0, 0.1) is 6.92 Å². The zero-order chi connectivity index (χ0) is 25.6. The number of carbonyl (C=O) groups is 2. The highest BCUT2D eigenvalue weighted by atomic mass is 35.5. The van der Waals surface area contributed by atoms with Gasteiger partial charge >= 0.3 is 0 Å². The highest BCUT2D eigenvalue weighted by Gasteiger charge is 2.31. The molecule has 2 amide bonds. The zero-order valence-electron chi connectivity index (χ0n) is 20.5. The molecule has 0 saturated heterocycles. The van der Waals surface area contributed by atoms with Crippen molar-refractivity contribution in [3.8, 4) is 0 Å². The number of aryl methyl sites for hydroxylation is 1. The van der Waals surface area contributed by atoms with Gasteiger partial charge in [-0.05, 0) is 62.4 Å². The van der Waals surface area contributed by atoms with Gasteiger partial charge in [-0.15, -0.1) is 0 Å². The van der Waals surface area contributed by atoms with Crippen molar-refractivity contribution in [2.45, 2.75) is 58.0 Å². The van der Waals surface area contributed by atoms with E-state index in [1.165, 1.54) is 4.90 Å². The Hall–Kier alpha value is -2.58. The molecule has 0 unspecified atom stereocenters. The van der Waals surface area contributed by atoms with Crippen molar-refractivity contribution < 1.29 is 18.0 Å². The average molecular weight is 520 g/mol. The van der Waals surface area contributed by atoms with Crippen LogP contribution < -0.4 is 9.62 Å². The molecule has 0 radical (unpaired) electrons. The molecule has 1 aliphatic rings. The Morgan fingerprint density at radius 3 is 2.37 bits per heavy atom. The number of nitrogens with zero attached hydrogens (tertiary/aromatic N) is 2. The summed E-state index contributed by atoms with van der Waals surface area (Å²) in [6.45, 7) is 3.33. The monoisotopic (exact) mass is 519 g/mol. The number of halogens is 1. The molecule has 0 bridgehead atoms. The number of hydrogen-bond acceptors (Lipinski definition) is 4. The van der Waals surface area contributed by atoms with Crippen LogP contribution in [0.5, 0.6) is 0 Å². The lowest BCUT2D eigenvalue weighted by Gasteiger charge is -2.32. The molecule has 0 aromatic heterocycles. The molecule has 190 valence electrons. The summed E-state index contributed by atoms with van der Waals surface area (Å²) in [5, 5.41) is 3.54. The van der Waals surface area contributed by atoms with E-state index in [4.69, 9.17) is 11.6 Å². The maximum absolute atomic E-state index is 13.6. The first-order valence-electron chi connectivity index (χ1n) is 11.9. The van der Waals surface area contributed by atoms with Gasteiger partial charge in [-0.3, -0.25) is 13.9 Å². The quantitative estimate of drug-likeness (QED) is 0.515. The van der Waals surface area contributed by atoms with Gasteiger partial charge in [-0.1, -0.05) is 54.8 Å². The largest absolute Gasteiger partial charge is 0.352 e. The predicted octanol–water partition coefficient (Wildman–Crippen LogP) is 3.93. The lowest BCUT2D eigenvalue weighted by Crippen LogP contribution is -2.53. The summed E-state index contributed by atoms with van der Waals surface area (Å²) in [6.07, 6.45) is 5.66. The maximum atomic E-state index is 13.6. The van der Waals surface area contributed by atoms with Crippen LogP contribution in [0.2, 0.25) is 5.02 Å². The van der Waals surface area contributed by atoms with Crippen molar-refractivity contribution in [2.24, 2.45) is 0 Å². The first-order chi connectivity index (χ1) is 16.6. The van der Waals surface area contributed by atoms with Gasteiger partial charge in [0.1, 0.15) is 12.6 Å². The topological polar surface area (TPSA) is 86.8 Å². The Morgan fingerprint density at radius 1 is 1.11 bits per heavy atom. The number of benzene rings is 2. The van der Waals surface area contributed by atoms with Gasteiger partial charge < -0.3 is 10.2 Å². The smallest absolute Gasteiger partial charge is 0.244 e. The number of amides is 2. The number of nitrogens with one attached hydrogen (secondary N) is 1. The SMILES string of the molecule is Cc1cc(Cl)ccc1N(CC(=O)N(CCc1ccccc1)[C@@H](C)C(=O)NC1CCCC1)S(C)(=O)=O. The average Bonchev–Trinajstić information content (AvgIpc) is 3.31. The van der Waals surface area contributed by atoms with Gasteiger partial charge in [0.05, 0.1) is 11.9 Å². The van der Waals surface area contributed by atoms with Gasteiger partial charge in [-0.25, -0.2) is 8.42 Å². The van der Waals surface area contributed by atoms with Crippen LogP contribution in [0.1, 0.15) is 43.7 Å². The van der Waals surface area contributed by atoms with Gasteiger partial charge in [0.2, 0.25) is 21.8 Å². The molecular formula is C26H34ClN3O4S. The minimum atomic E-state index is -3.77. The summed E-state index contributed by atoms with van der Waals surface area (Å²) in [7, 11) is -3.77. The van der Waals surface area contributed by atoms with E-state index < -0.39 is 28.5 Å². The summed E-state index contributed by atoms with van der Waals surface area (Å²) in [6, 6.07) is 13.9. The third-order valence-electron chi connectivity index (χ3n) is 6.46. The summed E-state index contributed by atoms with van der Waals surface area (Å²) >= 11 is 6.05. The number of rotatable bonds is 10. The summed E-state index contributed by atoms with van der Waals surface area (Å²) in [5.41, 5.74) is 2.05. The number of sulfonamides is 1. The Balaban J connectivity index is 1.84. The fourth-order valence-electron chi connectivity index (χ4n) is 4.46. The van der Waals surface area contributed by atoms with E-state index >= 15 is 0 Å². The molecule has 0 spiro atoms. The van der Waals surface area contributed by atoms with Gasteiger partial charge in [0.25, 0.3) is 0 Å². The Labute approximate surface area is 213 Å². The van der Waals surface area contributed by atoms with E-state index in [0.29, 0.717) is 29.2 Å². The van der Waals surface area contributed by atoms with Crippen LogP contribution in [-0.4, -0.2) is 56.6 Å². The molecule has 2 aromatic carbocycles. The molecule has 1 saturated carbocycles. The van der Waals surface area contributed by atoms with Crippen LogP contribution in [0.3, 0.4) is 0 Å². The molecule has 3 rings (SSSR count). The third kappa shape index (κ3) is 7.45. The summed E-state index contributed by atoms with van der Waals surface area (Å²) in [4.78, 5) is 28.1. The zero-order valence-corrected chi connectivity index (χ0v) is 22.1. The summed E-state index contributed by atoms with van der Waals surface area (Å²) < 4.78 is 26.4. The fourth-order valence-corrected chi connectivity index (χ4v) is 5.59. The number of carbonyl (C=O) groups excluding carboxylic acids is 2. The first-order valence-corrected chi connectivity index (χ1v) is 14.2. The molecule has 0 aliphatic heterocycles. The molecule has 2 aromatic rings. The third-order valence-corrected chi connectivity index (χ3v) is 7.82. The van der Waals surface area contributed by atoms with E-state index in [1.807, 2.05) is 30.3 Å². The molecule has 1 aliphatic carbocycles. The van der Waals surface area contributed by atoms with Crippen LogP contribution in [0.4, 0.5) is 5.69 Å². The van der Waals surface area contributed by atoms with Crippen LogP contribution in [-0.2, 0) is 26.0 Å². The molecule has 1 N–H and O–H groups in total. The standard InChI is InChI=1S/C26H34ClN3O4S/c1-19-17-22(27)13-14-24(19)30(35(3,33)34)18-25(31)29(16-15-21-9-5-4-6-10-21)20(2)26(32)28-23-11-7-8-12-23/h4-6,9-10,13-14,17,20,23H,7-8,11-12,15-16,18H2,1-3H3,(H,28,32)/t20-/m0/s1. The predicted molar refractivity (Wildman–Crippen MR) is 140 cm³/mol. The van der Waals surface area contributed by atoms with E-state index in [-0.39, 0.29) is 11.9 Å². The van der Waals surface area contributed by atoms with Crippen molar-refractivity contribution in [1.82, 2.24) is 10.2 Å². The molecule has 35 heavy (non-hydrogen) atoms. The highest BCUT2D eigenvalue weighted by Crippen LogP contribution is 2.26. The van der Waals surface area contributed by atoms with Crippen molar-refractivity contribution in [3.63, 3.8) is 0 Å². The Kier molecular flexibility index (Phi) is 9.19. The maximum Gasteiger partial charge on any atom is 0.244 e. The van der Waals surface area contributed by atoms with E-state index in [0.717, 1.165) is 41.8 Å². The van der Waals surface area contributed by atoms with Crippen molar-refractivity contribution in [3.05, 3.63) is 64.7 Å². The van der Waals surface area contributed by atoms with Crippen LogP contribution in [0.15, 0.2) is 48.5 Å². The van der Waals surface area contributed by atoms with Crippen LogP contribution >= 0.6 is 11.6 Å². The van der Waals surface area contributed by atoms with Crippen molar-refractivity contribution in [1.29, 1.82) is 0 Å². The van der Waals surface area contributed by atoms with Crippen molar-refractivity contribution >= 4 is 39.1 Å². The lowest BCUT2D eigenvalue weighted by molar-refractivity contribution is -0.139. The Morgan fingerprint density at radius 2 is 1.77 bits per heavy atom. The minimum Gasteiger partial charge on any atom is -0.352 e.